The van der Waals surface area contributed by atoms with Crippen LogP contribution in [0.25, 0.3) is 10.9 Å². The number of nitro groups is 1. The molecule has 2 rings (SSSR count). The van der Waals surface area contributed by atoms with Crippen molar-refractivity contribution in [1.29, 1.82) is 0 Å². The van der Waals surface area contributed by atoms with Crippen LogP contribution in [0.1, 0.15) is 0 Å². The molecule has 0 amide bonds. The van der Waals surface area contributed by atoms with E-state index in [0.29, 0.717) is 10.9 Å². The van der Waals surface area contributed by atoms with Crippen molar-refractivity contribution in [2.24, 2.45) is 0 Å². The summed E-state index contributed by atoms with van der Waals surface area (Å²) in [6.07, 6.45) is 1.27. The van der Waals surface area contributed by atoms with Crippen LogP contribution in [0.15, 0.2) is 18.5 Å². The summed E-state index contributed by atoms with van der Waals surface area (Å²) < 4.78 is 0. The van der Waals surface area contributed by atoms with Crippen molar-refractivity contribution < 1.29 is 4.92 Å². The molecule has 0 radical (unpaired) electrons. The van der Waals surface area contributed by atoms with E-state index in [1.807, 2.05) is 0 Å². The van der Waals surface area contributed by atoms with Gasteiger partial charge in [-0.2, -0.15) is 0 Å². The highest BCUT2D eigenvalue weighted by Crippen LogP contribution is 2.29. The van der Waals surface area contributed by atoms with Gasteiger partial charge in [0.15, 0.2) is 0 Å². The van der Waals surface area contributed by atoms with Crippen LogP contribution >= 0.6 is 11.6 Å². The van der Waals surface area contributed by atoms with Gasteiger partial charge in [-0.1, -0.05) is 11.6 Å². The van der Waals surface area contributed by atoms with Crippen molar-refractivity contribution in [3.8, 4) is 0 Å². The maximum Gasteiger partial charge on any atom is 0.292 e. The number of benzene rings is 1. The lowest BCUT2D eigenvalue weighted by molar-refractivity contribution is -0.383. The predicted octanol–water partition coefficient (Wildman–Crippen LogP) is 1.77. The predicted molar refractivity (Wildman–Crippen MR) is 55.6 cm³/mol. The van der Waals surface area contributed by atoms with Gasteiger partial charge >= 0.3 is 0 Å². The van der Waals surface area contributed by atoms with Crippen LogP contribution in [0, 0.1) is 10.1 Å². The number of fused-ring (bicyclic) bond motifs is 1. The van der Waals surface area contributed by atoms with Crippen LogP contribution in [0.5, 0.6) is 0 Å². The third-order valence-corrected chi connectivity index (χ3v) is 2.23. The Kier molecular flexibility index (Phi) is 2.12. The maximum atomic E-state index is 10.6. The van der Waals surface area contributed by atoms with Gasteiger partial charge < -0.3 is 5.73 Å². The third-order valence-electron chi connectivity index (χ3n) is 1.93. The van der Waals surface area contributed by atoms with Gasteiger partial charge in [0.1, 0.15) is 17.2 Å². The lowest BCUT2D eigenvalue weighted by Gasteiger charge is -2.01. The molecule has 76 valence electrons. The van der Waals surface area contributed by atoms with Gasteiger partial charge in [0, 0.05) is 11.5 Å². The molecule has 2 N–H and O–H groups in total. The fraction of sp³-hybridized carbons (Fsp3) is 0. The molecular weight excluding hydrogens is 220 g/mol. The van der Waals surface area contributed by atoms with Crippen LogP contribution in [0.2, 0.25) is 5.15 Å². The monoisotopic (exact) mass is 224 g/mol. The van der Waals surface area contributed by atoms with Gasteiger partial charge in [0.2, 0.25) is 0 Å². The topological polar surface area (TPSA) is 94.9 Å². The molecule has 0 aliphatic rings. The molecule has 0 saturated carbocycles. The maximum absolute atomic E-state index is 10.6. The highest BCUT2D eigenvalue weighted by atomic mass is 35.5. The number of nitrogens with zero attached hydrogens (tertiary/aromatic N) is 3. The summed E-state index contributed by atoms with van der Waals surface area (Å²) in [6.45, 7) is 0. The first-order valence-electron chi connectivity index (χ1n) is 3.93. The fourth-order valence-corrected chi connectivity index (χ4v) is 1.43. The van der Waals surface area contributed by atoms with Crippen LogP contribution in [0.4, 0.5) is 11.4 Å². The van der Waals surface area contributed by atoms with Crippen molar-refractivity contribution in [1.82, 2.24) is 9.97 Å². The van der Waals surface area contributed by atoms with Crippen molar-refractivity contribution in [2.75, 3.05) is 5.73 Å². The van der Waals surface area contributed by atoms with Gasteiger partial charge in [0.05, 0.1) is 10.4 Å². The number of nitrogens with two attached hydrogens (primary N) is 1. The second-order valence-corrected chi connectivity index (χ2v) is 3.21. The number of nitrogen functional groups attached to an aromatic ring is 1. The smallest absolute Gasteiger partial charge is 0.292 e. The summed E-state index contributed by atoms with van der Waals surface area (Å²) in [6, 6.07) is 2.67. The summed E-state index contributed by atoms with van der Waals surface area (Å²) in [5.41, 5.74) is 5.84. The van der Waals surface area contributed by atoms with E-state index in [2.05, 4.69) is 9.97 Å². The Morgan fingerprint density at radius 2 is 2.13 bits per heavy atom. The number of aromatic nitrogens is 2. The molecule has 0 bridgehead atoms. The molecule has 0 aliphatic heterocycles. The first-order valence-corrected chi connectivity index (χ1v) is 4.31. The quantitative estimate of drug-likeness (QED) is 0.345. The summed E-state index contributed by atoms with van der Waals surface area (Å²) >= 11 is 5.77. The van der Waals surface area contributed by atoms with E-state index < -0.39 is 4.92 Å². The van der Waals surface area contributed by atoms with Crippen LogP contribution in [-0.4, -0.2) is 14.9 Å². The molecule has 0 fully saturated rings. The summed E-state index contributed by atoms with van der Waals surface area (Å²) in [5.74, 6) is 0. The summed E-state index contributed by atoms with van der Waals surface area (Å²) in [4.78, 5) is 17.7. The zero-order valence-corrected chi connectivity index (χ0v) is 8.10. The minimum absolute atomic E-state index is 0.0577. The Labute approximate surface area is 88.8 Å². The molecule has 15 heavy (non-hydrogen) atoms. The lowest BCUT2D eigenvalue weighted by atomic mass is 10.2. The zero-order chi connectivity index (χ0) is 11.0. The molecule has 2 aromatic rings. The standard InChI is InChI=1S/C8H5ClN4O2/c9-8-4-1-7(13(14)15)5(10)2-6(4)11-3-12-8/h1-3H,10H2. The number of hydrogen-bond donors (Lipinski definition) is 1. The van der Waals surface area contributed by atoms with Crippen LogP contribution in [-0.2, 0) is 0 Å². The van der Waals surface area contributed by atoms with Gasteiger partial charge in [-0.05, 0) is 6.07 Å². The average molecular weight is 225 g/mol. The Morgan fingerprint density at radius 3 is 2.80 bits per heavy atom. The molecule has 0 spiro atoms. The van der Waals surface area contributed by atoms with E-state index in [9.17, 15) is 10.1 Å². The van der Waals surface area contributed by atoms with Crippen molar-refractivity contribution in [3.63, 3.8) is 0 Å². The Morgan fingerprint density at radius 1 is 1.40 bits per heavy atom. The number of nitro benzene ring substituents is 1. The fourth-order valence-electron chi connectivity index (χ4n) is 1.23. The second kappa shape index (κ2) is 3.32. The second-order valence-electron chi connectivity index (χ2n) is 2.85. The minimum atomic E-state index is -0.571. The third kappa shape index (κ3) is 1.55. The number of hydrogen-bond acceptors (Lipinski definition) is 5. The van der Waals surface area contributed by atoms with E-state index in [1.165, 1.54) is 18.5 Å². The highest BCUT2D eigenvalue weighted by Gasteiger charge is 2.14. The van der Waals surface area contributed by atoms with Gasteiger partial charge in [0.25, 0.3) is 5.69 Å². The molecule has 0 unspecified atom stereocenters. The molecule has 6 nitrogen and oxygen atoms in total. The van der Waals surface area contributed by atoms with E-state index in [4.69, 9.17) is 17.3 Å². The molecular formula is C8H5ClN4O2. The minimum Gasteiger partial charge on any atom is -0.393 e. The Bertz CT molecular complexity index is 558. The summed E-state index contributed by atoms with van der Waals surface area (Å²) in [5, 5.41) is 11.2. The number of halogens is 1. The molecule has 0 aliphatic carbocycles. The van der Waals surface area contributed by atoms with Gasteiger partial charge in [-0.3, -0.25) is 10.1 Å². The van der Waals surface area contributed by atoms with Crippen molar-refractivity contribution in [2.45, 2.75) is 0 Å². The Balaban J connectivity index is 2.83. The average Bonchev–Trinajstić information content (AvgIpc) is 2.16. The van der Waals surface area contributed by atoms with Crippen LogP contribution in [0.3, 0.4) is 0 Å². The van der Waals surface area contributed by atoms with Gasteiger partial charge in [-0.25, -0.2) is 9.97 Å². The largest absolute Gasteiger partial charge is 0.393 e. The van der Waals surface area contributed by atoms with Crippen molar-refractivity contribution >= 4 is 33.9 Å². The molecule has 1 heterocycles. The van der Waals surface area contributed by atoms with E-state index in [0.717, 1.165) is 0 Å². The molecule has 7 heteroatoms. The SMILES string of the molecule is Nc1cc2ncnc(Cl)c2cc1[N+](=O)[O-]. The zero-order valence-electron chi connectivity index (χ0n) is 7.35. The lowest BCUT2D eigenvalue weighted by Crippen LogP contribution is -1.96. The van der Waals surface area contributed by atoms with Crippen molar-refractivity contribution in [3.05, 3.63) is 33.7 Å². The molecule has 0 atom stereocenters. The first-order chi connectivity index (χ1) is 7.09. The number of rotatable bonds is 1. The Hall–Kier alpha value is -1.95. The van der Waals surface area contributed by atoms with E-state index in [-0.39, 0.29) is 16.5 Å². The molecule has 0 saturated heterocycles. The van der Waals surface area contributed by atoms with Gasteiger partial charge in [-0.15, -0.1) is 0 Å². The highest BCUT2D eigenvalue weighted by molar-refractivity contribution is 6.34. The first kappa shape index (κ1) is 9.60. The summed E-state index contributed by atoms with van der Waals surface area (Å²) in [7, 11) is 0. The molecule has 1 aromatic carbocycles. The van der Waals surface area contributed by atoms with Crippen LogP contribution < -0.4 is 5.73 Å². The normalized spacial score (nSPS) is 10.5. The van der Waals surface area contributed by atoms with E-state index >= 15 is 0 Å². The number of anilines is 1. The van der Waals surface area contributed by atoms with E-state index in [1.54, 1.807) is 0 Å². The molecule has 1 aromatic heterocycles.